The molecule has 136 valence electrons. The third kappa shape index (κ3) is 2.87. The summed E-state index contributed by atoms with van der Waals surface area (Å²) in [5.74, 6) is 4.04. The number of hydrogen-bond acceptors (Lipinski definition) is 7. The van der Waals surface area contributed by atoms with Crippen LogP contribution in [-0.4, -0.2) is 40.9 Å². The first-order valence-electron chi connectivity index (χ1n) is 8.47. The Kier molecular flexibility index (Phi) is 4.24. The lowest BCUT2D eigenvalue weighted by Gasteiger charge is -2.14. The molecule has 0 radical (unpaired) electrons. The summed E-state index contributed by atoms with van der Waals surface area (Å²) in [6.07, 6.45) is 6.03. The Hall–Kier alpha value is -3.03. The molecule has 8 nitrogen and oxygen atoms in total. The van der Waals surface area contributed by atoms with Crippen molar-refractivity contribution in [1.29, 1.82) is 0 Å². The molecule has 0 amide bonds. The molecule has 0 aliphatic heterocycles. The van der Waals surface area contributed by atoms with E-state index in [-0.39, 0.29) is 0 Å². The summed E-state index contributed by atoms with van der Waals surface area (Å²) in [4.78, 5) is 4.41. The molecule has 0 unspecified atom stereocenters. The van der Waals surface area contributed by atoms with Crippen LogP contribution in [0.1, 0.15) is 30.1 Å². The first kappa shape index (κ1) is 16.4. The van der Waals surface area contributed by atoms with Gasteiger partial charge in [0.1, 0.15) is 5.82 Å². The number of nitrogens with one attached hydrogen (secondary N) is 1. The van der Waals surface area contributed by atoms with E-state index >= 15 is 0 Å². The van der Waals surface area contributed by atoms with Crippen LogP contribution in [0.2, 0.25) is 0 Å². The highest BCUT2D eigenvalue weighted by Gasteiger charge is 2.29. The smallest absolute Gasteiger partial charge is 0.203 e. The second-order valence-corrected chi connectivity index (χ2v) is 6.19. The summed E-state index contributed by atoms with van der Waals surface area (Å²) in [5, 5.41) is 12.0. The van der Waals surface area contributed by atoms with Gasteiger partial charge in [-0.05, 0) is 30.5 Å². The number of methoxy groups -OCH3 is 3. The molecule has 1 aliphatic rings. The van der Waals surface area contributed by atoms with E-state index in [0.29, 0.717) is 35.5 Å². The summed E-state index contributed by atoms with van der Waals surface area (Å²) >= 11 is 0. The molecule has 1 aliphatic carbocycles. The molecule has 1 N–H and O–H groups in total. The normalized spacial score (nSPS) is 13.7. The van der Waals surface area contributed by atoms with Crippen LogP contribution in [0.15, 0.2) is 24.5 Å². The van der Waals surface area contributed by atoms with Crippen LogP contribution in [0.5, 0.6) is 17.2 Å². The summed E-state index contributed by atoms with van der Waals surface area (Å²) in [6.45, 7) is 0.537. The zero-order valence-electron chi connectivity index (χ0n) is 15.0. The molecular formula is C18H21N5O3. The number of aromatic nitrogens is 4. The fraction of sp³-hybridized carbons (Fsp3) is 0.389. The van der Waals surface area contributed by atoms with Crippen molar-refractivity contribution in [3.63, 3.8) is 0 Å². The van der Waals surface area contributed by atoms with E-state index < -0.39 is 0 Å². The van der Waals surface area contributed by atoms with Crippen LogP contribution < -0.4 is 19.5 Å². The minimum absolute atomic E-state index is 0.523. The standard InChI is InChI=1S/C18H21N5O3/c1-24-13-8-11(9-14(25-2)15(13)26-3)10-20-16-18-22-21-17(12-4-5-12)23(18)7-6-19-16/h6-9,12H,4-5,10H2,1-3H3,(H,19,20). The molecule has 1 aromatic carbocycles. The summed E-state index contributed by atoms with van der Waals surface area (Å²) in [6, 6.07) is 3.82. The van der Waals surface area contributed by atoms with E-state index in [2.05, 4.69) is 20.5 Å². The summed E-state index contributed by atoms with van der Waals surface area (Å²) < 4.78 is 18.2. The second kappa shape index (κ2) is 6.70. The predicted octanol–water partition coefficient (Wildman–Crippen LogP) is 2.64. The third-order valence-electron chi connectivity index (χ3n) is 4.48. The highest BCUT2D eigenvalue weighted by Crippen LogP contribution is 2.40. The fourth-order valence-corrected chi connectivity index (χ4v) is 3.01. The fourth-order valence-electron chi connectivity index (χ4n) is 3.01. The molecule has 8 heteroatoms. The Balaban J connectivity index is 1.60. The SMILES string of the molecule is COc1cc(CNc2nccn3c(C4CC4)nnc23)cc(OC)c1OC. The Morgan fingerprint density at radius 1 is 1.08 bits per heavy atom. The van der Waals surface area contributed by atoms with E-state index in [1.54, 1.807) is 27.5 Å². The van der Waals surface area contributed by atoms with Crippen LogP contribution >= 0.6 is 0 Å². The molecule has 0 spiro atoms. The zero-order valence-corrected chi connectivity index (χ0v) is 15.0. The Morgan fingerprint density at radius 3 is 2.42 bits per heavy atom. The van der Waals surface area contributed by atoms with Crippen molar-refractivity contribution in [3.05, 3.63) is 35.9 Å². The average molecular weight is 355 g/mol. The maximum Gasteiger partial charge on any atom is 0.203 e. The predicted molar refractivity (Wildman–Crippen MR) is 96.2 cm³/mol. The van der Waals surface area contributed by atoms with Crippen LogP contribution in [0, 0.1) is 0 Å². The third-order valence-corrected chi connectivity index (χ3v) is 4.48. The van der Waals surface area contributed by atoms with E-state index in [1.807, 2.05) is 22.7 Å². The van der Waals surface area contributed by atoms with Crippen LogP contribution in [-0.2, 0) is 6.54 Å². The van der Waals surface area contributed by atoms with Gasteiger partial charge in [-0.3, -0.25) is 4.40 Å². The Bertz CT molecular complexity index is 911. The van der Waals surface area contributed by atoms with Crippen molar-refractivity contribution in [2.45, 2.75) is 25.3 Å². The average Bonchev–Trinajstić information content (AvgIpc) is 3.43. The quantitative estimate of drug-likeness (QED) is 0.697. The lowest BCUT2D eigenvalue weighted by atomic mass is 10.1. The Morgan fingerprint density at radius 2 is 1.81 bits per heavy atom. The monoisotopic (exact) mass is 355 g/mol. The van der Waals surface area contributed by atoms with E-state index in [0.717, 1.165) is 17.0 Å². The molecule has 1 saturated carbocycles. The summed E-state index contributed by atoms with van der Waals surface area (Å²) in [7, 11) is 4.80. The minimum atomic E-state index is 0.523. The van der Waals surface area contributed by atoms with Crippen LogP contribution in [0.4, 0.5) is 5.82 Å². The number of anilines is 1. The maximum absolute atomic E-state index is 5.40. The second-order valence-electron chi connectivity index (χ2n) is 6.19. The van der Waals surface area contributed by atoms with E-state index in [9.17, 15) is 0 Å². The van der Waals surface area contributed by atoms with Crippen LogP contribution in [0.25, 0.3) is 5.65 Å². The first-order valence-corrected chi connectivity index (χ1v) is 8.47. The molecule has 3 aromatic rings. The van der Waals surface area contributed by atoms with Crippen molar-refractivity contribution in [1.82, 2.24) is 19.6 Å². The largest absolute Gasteiger partial charge is 0.493 e. The number of nitrogens with zero attached hydrogens (tertiary/aromatic N) is 4. The van der Waals surface area contributed by atoms with Crippen LogP contribution in [0.3, 0.4) is 0 Å². The molecule has 2 heterocycles. The maximum atomic E-state index is 5.40. The van der Waals surface area contributed by atoms with Crippen molar-refractivity contribution in [2.24, 2.45) is 0 Å². The number of ether oxygens (including phenoxy) is 3. The van der Waals surface area contributed by atoms with E-state index in [4.69, 9.17) is 14.2 Å². The van der Waals surface area contributed by atoms with Gasteiger partial charge in [0.25, 0.3) is 0 Å². The molecule has 2 aromatic heterocycles. The minimum Gasteiger partial charge on any atom is -0.493 e. The van der Waals surface area contributed by atoms with Gasteiger partial charge in [0, 0.05) is 24.9 Å². The van der Waals surface area contributed by atoms with Crippen molar-refractivity contribution >= 4 is 11.5 Å². The van der Waals surface area contributed by atoms with Crippen molar-refractivity contribution in [2.75, 3.05) is 26.6 Å². The van der Waals surface area contributed by atoms with Gasteiger partial charge in [0.15, 0.2) is 17.3 Å². The van der Waals surface area contributed by atoms with Gasteiger partial charge in [-0.15, -0.1) is 10.2 Å². The van der Waals surface area contributed by atoms with Gasteiger partial charge in [0.2, 0.25) is 11.4 Å². The van der Waals surface area contributed by atoms with Crippen molar-refractivity contribution in [3.8, 4) is 17.2 Å². The number of benzene rings is 1. The first-order chi connectivity index (χ1) is 12.7. The molecule has 0 atom stereocenters. The molecule has 0 saturated heterocycles. The van der Waals surface area contributed by atoms with Gasteiger partial charge >= 0.3 is 0 Å². The molecule has 1 fully saturated rings. The molecule has 4 rings (SSSR count). The molecule has 0 bridgehead atoms. The highest BCUT2D eigenvalue weighted by atomic mass is 16.5. The Labute approximate surface area is 151 Å². The number of fused-ring (bicyclic) bond motifs is 1. The lowest BCUT2D eigenvalue weighted by Crippen LogP contribution is -2.05. The van der Waals surface area contributed by atoms with Gasteiger partial charge in [0.05, 0.1) is 21.3 Å². The molecule has 26 heavy (non-hydrogen) atoms. The number of hydrogen-bond donors (Lipinski definition) is 1. The zero-order chi connectivity index (χ0) is 18.1. The van der Waals surface area contributed by atoms with Gasteiger partial charge in [-0.1, -0.05) is 0 Å². The number of rotatable bonds is 7. The topological polar surface area (TPSA) is 82.8 Å². The molecular weight excluding hydrogens is 334 g/mol. The lowest BCUT2D eigenvalue weighted by molar-refractivity contribution is 0.324. The van der Waals surface area contributed by atoms with Gasteiger partial charge < -0.3 is 19.5 Å². The van der Waals surface area contributed by atoms with Crippen molar-refractivity contribution < 1.29 is 14.2 Å². The van der Waals surface area contributed by atoms with Gasteiger partial charge in [-0.25, -0.2) is 4.98 Å². The van der Waals surface area contributed by atoms with E-state index in [1.165, 1.54) is 12.8 Å². The summed E-state index contributed by atoms with van der Waals surface area (Å²) in [5.41, 5.74) is 1.71. The van der Waals surface area contributed by atoms with Gasteiger partial charge in [-0.2, -0.15) is 0 Å². The highest BCUT2D eigenvalue weighted by molar-refractivity contribution is 5.63.